The van der Waals surface area contributed by atoms with Crippen LogP contribution in [0.4, 0.5) is 27.8 Å². The Morgan fingerprint density at radius 3 is 2.57 bits per heavy atom. The molecule has 9 nitrogen and oxygen atoms in total. The Morgan fingerprint density at radius 2 is 1.92 bits per heavy atom. The SMILES string of the molecule is CC(CC(Nc1nc(-c2cc(-c3ccon3)n(Cc3ccccc3F)n2)ncc1F)C(=O)O)C(F)(F)F. The molecule has 0 saturated carbocycles. The van der Waals surface area contributed by atoms with E-state index in [1.807, 2.05) is 0 Å². The summed E-state index contributed by atoms with van der Waals surface area (Å²) in [6, 6.07) is 7.28. The summed E-state index contributed by atoms with van der Waals surface area (Å²) in [7, 11) is 0. The van der Waals surface area contributed by atoms with Gasteiger partial charge in [-0.05, 0) is 18.6 Å². The quantitative estimate of drug-likeness (QED) is 0.302. The van der Waals surface area contributed by atoms with Crippen LogP contribution in [0.2, 0.25) is 0 Å². The maximum Gasteiger partial charge on any atom is 0.391 e. The van der Waals surface area contributed by atoms with Gasteiger partial charge in [0, 0.05) is 11.6 Å². The van der Waals surface area contributed by atoms with Gasteiger partial charge < -0.3 is 14.9 Å². The summed E-state index contributed by atoms with van der Waals surface area (Å²) in [5.41, 5.74) is 1.14. The van der Waals surface area contributed by atoms with E-state index < -0.39 is 48.0 Å². The van der Waals surface area contributed by atoms with Crippen molar-refractivity contribution in [3.05, 3.63) is 66.1 Å². The molecule has 0 amide bonds. The highest BCUT2D eigenvalue weighted by Crippen LogP contribution is 2.31. The van der Waals surface area contributed by atoms with Crippen molar-refractivity contribution in [2.45, 2.75) is 32.1 Å². The number of benzene rings is 1. The summed E-state index contributed by atoms with van der Waals surface area (Å²) in [5.74, 6) is -5.89. The first-order chi connectivity index (χ1) is 17.5. The minimum atomic E-state index is -4.63. The number of carboxylic acid groups (broad SMARTS) is 1. The fourth-order valence-corrected chi connectivity index (χ4v) is 3.45. The summed E-state index contributed by atoms with van der Waals surface area (Å²) in [6.07, 6.45) is -3.43. The molecule has 0 radical (unpaired) electrons. The van der Waals surface area contributed by atoms with Crippen LogP contribution in [0.3, 0.4) is 0 Å². The van der Waals surface area contributed by atoms with Crippen LogP contribution in [0, 0.1) is 17.6 Å². The molecule has 0 fully saturated rings. The number of rotatable bonds is 9. The van der Waals surface area contributed by atoms with E-state index in [1.165, 1.54) is 35.2 Å². The lowest BCUT2D eigenvalue weighted by molar-refractivity contribution is -0.173. The van der Waals surface area contributed by atoms with Gasteiger partial charge in [0.05, 0.1) is 24.4 Å². The molecule has 4 aromatic rings. The predicted octanol–water partition coefficient (Wildman–Crippen LogP) is 4.78. The number of carbonyl (C=O) groups is 1. The Hall–Kier alpha value is -4.36. The molecule has 0 saturated heterocycles. The molecule has 14 heteroatoms. The molecule has 3 heterocycles. The molecule has 0 bridgehead atoms. The number of nitrogens with one attached hydrogen (secondary N) is 1. The fraction of sp³-hybridized carbons (Fsp3) is 0.261. The zero-order valence-electron chi connectivity index (χ0n) is 19.1. The zero-order chi connectivity index (χ0) is 26.7. The van der Waals surface area contributed by atoms with Crippen molar-refractivity contribution in [1.82, 2.24) is 24.9 Å². The zero-order valence-corrected chi connectivity index (χ0v) is 19.1. The van der Waals surface area contributed by atoms with Gasteiger partial charge in [-0.3, -0.25) is 4.68 Å². The van der Waals surface area contributed by atoms with E-state index in [0.717, 1.165) is 13.1 Å². The number of halogens is 5. The Labute approximate surface area is 206 Å². The predicted molar refractivity (Wildman–Crippen MR) is 119 cm³/mol. The van der Waals surface area contributed by atoms with Crippen LogP contribution in [0.1, 0.15) is 18.9 Å². The van der Waals surface area contributed by atoms with Crippen LogP contribution in [0.15, 0.2) is 53.4 Å². The summed E-state index contributed by atoms with van der Waals surface area (Å²) in [5, 5.41) is 19.8. The van der Waals surface area contributed by atoms with Crippen LogP contribution in [0.5, 0.6) is 0 Å². The first kappa shape index (κ1) is 25.7. The molecule has 4 rings (SSSR count). The summed E-state index contributed by atoms with van der Waals surface area (Å²) in [4.78, 5) is 19.4. The van der Waals surface area contributed by atoms with E-state index in [-0.39, 0.29) is 18.1 Å². The second-order valence-electron chi connectivity index (χ2n) is 8.15. The van der Waals surface area contributed by atoms with Crippen molar-refractivity contribution in [2.24, 2.45) is 5.92 Å². The van der Waals surface area contributed by atoms with Crippen molar-refractivity contribution in [2.75, 3.05) is 5.32 Å². The summed E-state index contributed by atoms with van der Waals surface area (Å²) >= 11 is 0. The first-order valence-corrected chi connectivity index (χ1v) is 10.8. The second kappa shape index (κ2) is 10.3. The van der Waals surface area contributed by atoms with E-state index >= 15 is 0 Å². The van der Waals surface area contributed by atoms with Crippen molar-refractivity contribution >= 4 is 11.8 Å². The third-order valence-corrected chi connectivity index (χ3v) is 5.49. The Bertz CT molecular complexity index is 1390. The van der Waals surface area contributed by atoms with Gasteiger partial charge in [0.25, 0.3) is 0 Å². The van der Waals surface area contributed by atoms with Gasteiger partial charge in [0.15, 0.2) is 17.5 Å². The molecular formula is C23H19F5N6O3. The Morgan fingerprint density at radius 1 is 1.16 bits per heavy atom. The minimum absolute atomic E-state index is 0.0163. The van der Waals surface area contributed by atoms with E-state index in [9.17, 15) is 31.9 Å². The maximum atomic E-state index is 14.4. The third kappa shape index (κ3) is 5.90. The third-order valence-electron chi connectivity index (χ3n) is 5.49. The number of hydrogen-bond acceptors (Lipinski definition) is 7. The average Bonchev–Trinajstić information content (AvgIpc) is 3.51. The monoisotopic (exact) mass is 522 g/mol. The first-order valence-electron chi connectivity index (χ1n) is 10.8. The molecule has 0 aliphatic heterocycles. The lowest BCUT2D eigenvalue weighted by Crippen LogP contribution is -2.35. The standard InChI is InChI=1S/C23H19F5N6O3/c1-12(23(26,27)28)8-18(22(35)36)30-20-15(25)10-29-21(31-20)17-9-19(16-6-7-37-33-16)34(32-17)11-13-4-2-3-5-14(13)24/h2-7,9-10,12,18H,8,11H2,1H3,(H,35,36)(H,29,30,31). The number of aromatic nitrogens is 5. The van der Waals surface area contributed by atoms with E-state index in [1.54, 1.807) is 12.1 Å². The highest BCUT2D eigenvalue weighted by atomic mass is 19.4. The van der Waals surface area contributed by atoms with Crippen molar-refractivity contribution in [3.63, 3.8) is 0 Å². The normalized spacial score (nSPS) is 13.4. The number of aliphatic carboxylic acids is 1. The van der Waals surface area contributed by atoms with Gasteiger partial charge in [0.1, 0.15) is 29.5 Å². The molecule has 2 N–H and O–H groups in total. The largest absolute Gasteiger partial charge is 0.480 e. The minimum Gasteiger partial charge on any atom is -0.480 e. The number of hydrogen-bond donors (Lipinski definition) is 2. The van der Waals surface area contributed by atoms with Crippen molar-refractivity contribution in [3.8, 4) is 22.9 Å². The number of carboxylic acids is 1. The molecule has 0 aliphatic carbocycles. The lowest BCUT2D eigenvalue weighted by Gasteiger charge is -2.21. The molecule has 2 atom stereocenters. The molecule has 3 aromatic heterocycles. The molecule has 2 unspecified atom stereocenters. The molecule has 1 aromatic carbocycles. The topological polar surface area (TPSA) is 119 Å². The Balaban J connectivity index is 1.68. The highest BCUT2D eigenvalue weighted by molar-refractivity contribution is 5.77. The van der Waals surface area contributed by atoms with Crippen LogP contribution >= 0.6 is 0 Å². The molecule has 194 valence electrons. The highest BCUT2D eigenvalue weighted by Gasteiger charge is 2.39. The molecule has 0 aliphatic rings. The summed E-state index contributed by atoms with van der Waals surface area (Å²) < 4.78 is 73.8. The van der Waals surface area contributed by atoms with Crippen LogP contribution < -0.4 is 5.32 Å². The number of anilines is 1. The van der Waals surface area contributed by atoms with E-state index in [4.69, 9.17) is 4.52 Å². The number of alkyl halides is 3. The van der Waals surface area contributed by atoms with Crippen molar-refractivity contribution < 1.29 is 36.4 Å². The van der Waals surface area contributed by atoms with Gasteiger partial charge in [-0.1, -0.05) is 30.3 Å². The lowest BCUT2D eigenvalue weighted by atomic mass is 10.0. The smallest absolute Gasteiger partial charge is 0.391 e. The van der Waals surface area contributed by atoms with Gasteiger partial charge in [-0.25, -0.2) is 23.5 Å². The Kier molecular flexibility index (Phi) is 7.18. The van der Waals surface area contributed by atoms with E-state index in [0.29, 0.717) is 17.0 Å². The van der Waals surface area contributed by atoms with Gasteiger partial charge in [0.2, 0.25) is 0 Å². The maximum absolute atomic E-state index is 14.4. The average molecular weight is 522 g/mol. The van der Waals surface area contributed by atoms with Gasteiger partial charge in [-0.15, -0.1) is 0 Å². The number of nitrogens with zero attached hydrogens (tertiary/aromatic N) is 5. The van der Waals surface area contributed by atoms with Crippen LogP contribution in [0.25, 0.3) is 22.9 Å². The second-order valence-corrected chi connectivity index (χ2v) is 8.15. The molecule has 37 heavy (non-hydrogen) atoms. The van der Waals surface area contributed by atoms with Crippen LogP contribution in [-0.2, 0) is 11.3 Å². The fourth-order valence-electron chi connectivity index (χ4n) is 3.45. The van der Waals surface area contributed by atoms with Crippen LogP contribution in [-0.4, -0.2) is 48.2 Å². The van der Waals surface area contributed by atoms with Gasteiger partial charge in [-0.2, -0.15) is 18.3 Å². The van der Waals surface area contributed by atoms with E-state index in [2.05, 4.69) is 25.5 Å². The molecular weight excluding hydrogens is 503 g/mol. The van der Waals surface area contributed by atoms with Crippen molar-refractivity contribution in [1.29, 1.82) is 0 Å². The molecule has 0 spiro atoms. The summed E-state index contributed by atoms with van der Waals surface area (Å²) in [6.45, 7) is 0.810. The van der Waals surface area contributed by atoms with Gasteiger partial charge >= 0.3 is 12.1 Å².